The van der Waals surface area contributed by atoms with Gasteiger partial charge in [-0.25, -0.2) is 0 Å². The van der Waals surface area contributed by atoms with Crippen LogP contribution < -0.4 is 10.2 Å². The second-order valence-electron chi connectivity index (χ2n) is 5.80. The number of halogens is 1. The minimum absolute atomic E-state index is 0.872. The number of rotatable bonds is 8. The standard InChI is InChI=1S/C17H27ClN2/c1-3-10-19-12-15-8-9-17(16(18)11-15)20(4-2)13-14-6-5-7-14/h8-9,11,14,19H,3-7,10,12-13H2,1-2H3. The molecule has 0 heterocycles. The zero-order valence-electron chi connectivity index (χ0n) is 12.8. The molecule has 0 atom stereocenters. The van der Waals surface area contributed by atoms with Crippen LogP contribution in [-0.2, 0) is 6.54 Å². The normalized spacial score (nSPS) is 15.2. The van der Waals surface area contributed by atoms with Gasteiger partial charge in [-0.15, -0.1) is 0 Å². The molecule has 1 aliphatic rings. The van der Waals surface area contributed by atoms with Crippen molar-refractivity contribution >= 4 is 17.3 Å². The van der Waals surface area contributed by atoms with Gasteiger partial charge in [0.05, 0.1) is 10.7 Å². The Labute approximate surface area is 128 Å². The topological polar surface area (TPSA) is 15.3 Å². The van der Waals surface area contributed by atoms with Crippen molar-refractivity contribution in [3.05, 3.63) is 28.8 Å². The van der Waals surface area contributed by atoms with Crippen molar-refractivity contribution in [2.45, 2.75) is 46.1 Å². The van der Waals surface area contributed by atoms with Crippen molar-refractivity contribution in [2.75, 3.05) is 24.5 Å². The molecule has 1 aliphatic carbocycles. The minimum atomic E-state index is 0.872. The van der Waals surface area contributed by atoms with Gasteiger partial charge < -0.3 is 10.2 Å². The van der Waals surface area contributed by atoms with E-state index in [4.69, 9.17) is 11.6 Å². The summed E-state index contributed by atoms with van der Waals surface area (Å²) in [4.78, 5) is 2.43. The van der Waals surface area contributed by atoms with Gasteiger partial charge in [0.1, 0.15) is 0 Å². The predicted molar refractivity (Wildman–Crippen MR) is 88.7 cm³/mol. The zero-order chi connectivity index (χ0) is 14.4. The van der Waals surface area contributed by atoms with Crippen LogP contribution in [0.5, 0.6) is 0 Å². The summed E-state index contributed by atoms with van der Waals surface area (Å²) in [6.07, 6.45) is 5.33. The quantitative estimate of drug-likeness (QED) is 0.712. The minimum Gasteiger partial charge on any atom is -0.370 e. The van der Waals surface area contributed by atoms with E-state index in [-0.39, 0.29) is 0 Å². The van der Waals surface area contributed by atoms with Crippen LogP contribution in [0.2, 0.25) is 5.02 Å². The SMILES string of the molecule is CCCNCc1ccc(N(CC)CC2CCC2)c(Cl)c1. The van der Waals surface area contributed by atoms with E-state index in [1.807, 2.05) is 0 Å². The molecule has 0 unspecified atom stereocenters. The van der Waals surface area contributed by atoms with Crippen molar-refractivity contribution in [3.8, 4) is 0 Å². The maximum atomic E-state index is 6.49. The van der Waals surface area contributed by atoms with Crippen molar-refractivity contribution in [2.24, 2.45) is 5.92 Å². The molecule has 0 saturated heterocycles. The van der Waals surface area contributed by atoms with E-state index in [0.29, 0.717) is 0 Å². The number of hydrogen-bond acceptors (Lipinski definition) is 2. The number of anilines is 1. The van der Waals surface area contributed by atoms with Gasteiger partial charge in [0, 0.05) is 19.6 Å². The molecule has 1 aromatic rings. The molecule has 0 spiro atoms. The maximum Gasteiger partial charge on any atom is 0.0642 e. The van der Waals surface area contributed by atoms with E-state index in [9.17, 15) is 0 Å². The smallest absolute Gasteiger partial charge is 0.0642 e. The third kappa shape index (κ3) is 4.13. The monoisotopic (exact) mass is 294 g/mol. The Hall–Kier alpha value is -0.730. The summed E-state index contributed by atoms with van der Waals surface area (Å²) in [5.41, 5.74) is 2.47. The molecule has 1 aromatic carbocycles. The van der Waals surface area contributed by atoms with E-state index in [0.717, 1.165) is 43.5 Å². The summed E-state index contributed by atoms with van der Waals surface area (Å²) in [5.74, 6) is 0.872. The lowest BCUT2D eigenvalue weighted by molar-refractivity contribution is 0.318. The average molecular weight is 295 g/mol. The van der Waals surface area contributed by atoms with Gasteiger partial charge in [-0.05, 0) is 56.3 Å². The van der Waals surface area contributed by atoms with Crippen LogP contribution in [0, 0.1) is 5.92 Å². The Morgan fingerprint density at radius 2 is 2.10 bits per heavy atom. The van der Waals surface area contributed by atoms with Crippen LogP contribution in [0.15, 0.2) is 18.2 Å². The van der Waals surface area contributed by atoms with E-state index >= 15 is 0 Å². The molecule has 0 amide bonds. The Kier molecular flexibility index (Phi) is 6.18. The molecule has 2 nitrogen and oxygen atoms in total. The fraction of sp³-hybridized carbons (Fsp3) is 0.647. The predicted octanol–water partition coefficient (Wildman–Crippen LogP) is 4.47. The molecule has 3 heteroatoms. The molecule has 0 radical (unpaired) electrons. The summed E-state index contributed by atoms with van der Waals surface area (Å²) >= 11 is 6.49. The fourth-order valence-electron chi connectivity index (χ4n) is 2.71. The van der Waals surface area contributed by atoms with E-state index in [2.05, 4.69) is 42.3 Å². The zero-order valence-corrected chi connectivity index (χ0v) is 13.5. The van der Waals surface area contributed by atoms with E-state index in [1.165, 1.54) is 30.5 Å². The van der Waals surface area contributed by atoms with Crippen LogP contribution in [0.25, 0.3) is 0 Å². The number of nitrogens with one attached hydrogen (secondary N) is 1. The van der Waals surface area contributed by atoms with E-state index < -0.39 is 0 Å². The number of hydrogen-bond donors (Lipinski definition) is 1. The van der Waals surface area contributed by atoms with Crippen LogP contribution in [0.1, 0.15) is 45.1 Å². The van der Waals surface area contributed by atoms with Gasteiger partial charge in [0.25, 0.3) is 0 Å². The summed E-state index contributed by atoms with van der Waals surface area (Å²) < 4.78 is 0. The second-order valence-corrected chi connectivity index (χ2v) is 6.21. The van der Waals surface area contributed by atoms with Gasteiger partial charge >= 0.3 is 0 Å². The van der Waals surface area contributed by atoms with Crippen LogP contribution in [0.4, 0.5) is 5.69 Å². The Balaban J connectivity index is 1.98. The molecular weight excluding hydrogens is 268 g/mol. The molecule has 1 N–H and O–H groups in total. The molecular formula is C17H27ClN2. The lowest BCUT2D eigenvalue weighted by Gasteiger charge is -2.33. The molecule has 0 aliphatic heterocycles. The fourth-order valence-corrected chi connectivity index (χ4v) is 3.03. The summed E-state index contributed by atoms with van der Waals surface area (Å²) in [6.45, 7) is 8.55. The first-order valence-electron chi connectivity index (χ1n) is 7.98. The molecule has 20 heavy (non-hydrogen) atoms. The summed E-state index contributed by atoms with van der Waals surface area (Å²) in [6, 6.07) is 6.50. The number of benzene rings is 1. The van der Waals surface area contributed by atoms with Crippen molar-refractivity contribution in [3.63, 3.8) is 0 Å². The highest BCUT2D eigenvalue weighted by atomic mass is 35.5. The number of nitrogens with zero attached hydrogens (tertiary/aromatic N) is 1. The van der Waals surface area contributed by atoms with Gasteiger partial charge in [-0.3, -0.25) is 0 Å². The molecule has 1 fully saturated rings. The molecule has 1 saturated carbocycles. The average Bonchev–Trinajstić information content (AvgIpc) is 2.39. The highest BCUT2D eigenvalue weighted by molar-refractivity contribution is 6.33. The van der Waals surface area contributed by atoms with Gasteiger partial charge in [-0.2, -0.15) is 0 Å². The van der Waals surface area contributed by atoms with Crippen LogP contribution in [-0.4, -0.2) is 19.6 Å². The van der Waals surface area contributed by atoms with Gasteiger partial charge in [-0.1, -0.05) is 31.0 Å². The van der Waals surface area contributed by atoms with Crippen molar-refractivity contribution < 1.29 is 0 Å². The molecule has 0 bridgehead atoms. The lowest BCUT2D eigenvalue weighted by Crippen LogP contribution is -2.32. The third-order valence-electron chi connectivity index (χ3n) is 4.19. The van der Waals surface area contributed by atoms with Gasteiger partial charge in [0.15, 0.2) is 0 Å². The summed E-state index contributed by atoms with van der Waals surface area (Å²) in [5, 5.41) is 4.31. The van der Waals surface area contributed by atoms with Crippen LogP contribution >= 0.6 is 11.6 Å². The molecule has 112 valence electrons. The van der Waals surface area contributed by atoms with Crippen molar-refractivity contribution in [1.29, 1.82) is 0 Å². The first-order valence-corrected chi connectivity index (χ1v) is 8.36. The Morgan fingerprint density at radius 3 is 2.65 bits per heavy atom. The highest BCUT2D eigenvalue weighted by Gasteiger charge is 2.21. The second kappa shape index (κ2) is 7.90. The van der Waals surface area contributed by atoms with Crippen LogP contribution in [0.3, 0.4) is 0 Å². The Morgan fingerprint density at radius 1 is 1.30 bits per heavy atom. The molecule has 0 aromatic heterocycles. The first-order chi connectivity index (χ1) is 9.74. The highest BCUT2D eigenvalue weighted by Crippen LogP contribution is 2.32. The largest absolute Gasteiger partial charge is 0.370 e. The van der Waals surface area contributed by atoms with E-state index in [1.54, 1.807) is 0 Å². The lowest BCUT2D eigenvalue weighted by atomic mass is 9.85. The first kappa shape index (κ1) is 15.7. The van der Waals surface area contributed by atoms with Gasteiger partial charge in [0.2, 0.25) is 0 Å². The Bertz CT molecular complexity index is 415. The maximum absolute atomic E-state index is 6.49. The van der Waals surface area contributed by atoms with Crippen molar-refractivity contribution in [1.82, 2.24) is 5.32 Å². The third-order valence-corrected chi connectivity index (χ3v) is 4.50. The molecule has 2 rings (SSSR count). The summed E-state index contributed by atoms with van der Waals surface area (Å²) in [7, 11) is 0.